The Balaban J connectivity index is 2.17. The first-order chi connectivity index (χ1) is 10.7. The van der Waals surface area contributed by atoms with Gasteiger partial charge in [0.15, 0.2) is 0 Å². The van der Waals surface area contributed by atoms with E-state index in [9.17, 15) is 9.90 Å². The van der Waals surface area contributed by atoms with Crippen molar-refractivity contribution in [1.82, 2.24) is 15.1 Å². The lowest BCUT2D eigenvalue weighted by Gasteiger charge is -2.19. The van der Waals surface area contributed by atoms with Crippen LogP contribution in [0, 0.1) is 0 Å². The number of aromatic nitrogens is 2. The SMILES string of the molecule is CCC(CC)n1nccc1C(=O)N[C@H](CO)c1ccccc1. The first kappa shape index (κ1) is 16.2. The van der Waals surface area contributed by atoms with Crippen LogP contribution in [0.3, 0.4) is 0 Å². The highest BCUT2D eigenvalue weighted by Crippen LogP contribution is 2.18. The number of aliphatic hydroxyl groups is 1. The molecule has 0 spiro atoms. The van der Waals surface area contributed by atoms with Gasteiger partial charge < -0.3 is 10.4 Å². The van der Waals surface area contributed by atoms with Crippen molar-refractivity contribution in [3.63, 3.8) is 0 Å². The Morgan fingerprint density at radius 1 is 1.23 bits per heavy atom. The first-order valence-corrected chi connectivity index (χ1v) is 7.71. The van der Waals surface area contributed by atoms with Gasteiger partial charge >= 0.3 is 0 Å². The summed E-state index contributed by atoms with van der Waals surface area (Å²) >= 11 is 0. The van der Waals surface area contributed by atoms with Crippen molar-refractivity contribution in [2.75, 3.05) is 6.61 Å². The Kier molecular flexibility index (Phi) is 5.72. The number of rotatable bonds is 7. The number of nitrogens with zero attached hydrogens (tertiary/aromatic N) is 2. The molecule has 22 heavy (non-hydrogen) atoms. The summed E-state index contributed by atoms with van der Waals surface area (Å²) in [5, 5.41) is 16.7. The highest BCUT2D eigenvalue weighted by Gasteiger charge is 2.20. The molecular weight excluding hydrogens is 278 g/mol. The van der Waals surface area contributed by atoms with Gasteiger partial charge in [0.25, 0.3) is 5.91 Å². The minimum Gasteiger partial charge on any atom is -0.394 e. The van der Waals surface area contributed by atoms with Crippen LogP contribution in [0.2, 0.25) is 0 Å². The fourth-order valence-corrected chi connectivity index (χ4v) is 2.57. The van der Waals surface area contributed by atoms with Crippen LogP contribution in [-0.2, 0) is 0 Å². The van der Waals surface area contributed by atoms with Gasteiger partial charge in [0.1, 0.15) is 5.69 Å². The van der Waals surface area contributed by atoms with Crippen LogP contribution < -0.4 is 5.32 Å². The summed E-state index contributed by atoms with van der Waals surface area (Å²) in [5.74, 6) is -0.215. The second kappa shape index (κ2) is 7.75. The summed E-state index contributed by atoms with van der Waals surface area (Å²) in [6.45, 7) is 4.02. The third-order valence-corrected chi connectivity index (χ3v) is 3.88. The van der Waals surface area contributed by atoms with Crippen molar-refractivity contribution in [2.24, 2.45) is 0 Å². The van der Waals surface area contributed by atoms with Crippen molar-refractivity contribution in [3.8, 4) is 0 Å². The van der Waals surface area contributed by atoms with Crippen molar-refractivity contribution in [2.45, 2.75) is 38.8 Å². The van der Waals surface area contributed by atoms with Crippen molar-refractivity contribution < 1.29 is 9.90 Å². The highest BCUT2D eigenvalue weighted by molar-refractivity contribution is 5.92. The van der Waals surface area contributed by atoms with Crippen molar-refractivity contribution in [1.29, 1.82) is 0 Å². The number of hydrogen-bond acceptors (Lipinski definition) is 3. The number of amides is 1. The number of aliphatic hydroxyl groups excluding tert-OH is 1. The average molecular weight is 301 g/mol. The van der Waals surface area contributed by atoms with Gasteiger partial charge in [-0.25, -0.2) is 0 Å². The van der Waals surface area contributed by atoms with E-state index >= 15 is 0 Å². The molecule has 1 heterocycles. The Labute approximate surface area is 131 Å². The molecule has 1 aromatic carbocycles. The Hall–Kier alpha value is -2.14. The predicted molar refractivity (Wildman–Crippen MR) is 85.6 cm³/mol. The Morgan fingerprint density at radius 3 is 2.50 bits per heavy atom. The molecule has 0 saturated heterocycles. The summed E-state index contributed by atoms with van der Waals surface area (Å²) < 4.78 is 1.77. The molecule has 5 nitrogen and oxygen atoms in total. The topological polar surface area (TPSA) is 67.2 Å². The van der Waals surface area contributed by atoms with Crippen LogP contribution in [0.5, 0.6) is 0 Å². The summed E-state index contributed by atoms with van der Waals surface area (Å²) in [6.07, 6.45) is 3.48. The van der Waals surface area contributed by atoms with Crippen molar-refractivity contribution >= 4 is 5.91 Å². The molecule has 0 aliphatic rings. The van der Waals surface area contributed by atoms with E-state index in [0.29, 0.717) is 5.69 Å². The smallest absolute Gasteiger partial charge is 0.270 e. The zero-order chi connectivity index (χ0) is 15.9. The van der Waals surface area contributed by atoms with Gasteiger partial charge in [-0.1, -0.05) is 44.2 Å². The number of hydrogen-bond donors (Lipinski definition) is 2. The van der Waals surface area contributed by atoms with Gasteiger partial charge in [0.2, 0.25) is 0 Å². The molecule has 5 heteroatoms. The lowest BCUT2D eigenvalue weighted by molar-refractivity contribution is 0.0902. The zero-order valence-corrected chi connectivity index (χ0v) is 13.1. The van der Waals surface area contributed by atoms with Crippen LogP contribution >= 0.6 is 0 Å². The second-order valence-electron chi connectivity index (χ2n) is 5.25. The van der Waals surface area contributed by atoms with Gasteiger partial charge in [0.05, 0.1) is 18.7 Å². The number of carbonyl (C=O) groups is 1. The molecule has 2 rings (SSSR count). The second-order valence-corrected chi connectivity index (χ2v) is 5.25. The number of nitrogens with one attached hydrogen (secondary N) is 1. The lowest BCUT2D eigenvalue weighted by atomic mass is 10.1. The standard InChI is InChI=1S/C17H23N3O2/c1-3-14(4-2)20-16(10-11-18-20)17(22)19-15(12-21)13-8-6-5-7-9-13/h5-11,14-15,21H,3-4,12H2,1-2H3,(H,19,22)/t15-/m1/s1. The number of benzene rings is 1. The summed E-state index contributed by atoms with van der Waals surface area (Å²) in [6, 6.07) is 11.0. The maximum Gasteiger partial charge on any atom is 0.270 e. The fraction of sp³-hybridized carbons (Fsp3) is 0.412. The largest absolute Gasteiger partial charge is 0.394 e. The van der Waals surface area contributed by atoms with E-state index in [0.717, 1.165) is 18.4 Å². The Morgan fingerprint density at radius 2 is 1.91 bits per heavy atom. The summed E-state index contributed by atoms with van der Waals surface area (Å²) in [4.78, 5) is 12.5. The molecular formula is C17H23N3O2. The van der Waals surface area contributed by atoms with Crippen LogP contribution in [0.15, 0.2) is 42.6 Å². The molecule has 1 atom stereocenters. The maximum absolute atomic E-state index is 12.5. The normalized spacial score (nSPS) is 12.4. The molecule has 0 bridgehead atoms. The molecule has 118 valence electrons. The molecule has 0 unspecified atom stereocenters. The Bertz CT molecular complexity index is 591. The van der Waals surface area contributed by atoms with E-state index in [4.69, 9.17) is 0 Å². The molecule has 1 amide bonds. The minimum atomic E-state index is -0.418. The van der Waals surface area contributed by atoms with Gasteiger partial charge in [0, 0.05) is 6.20 Å². The predicted octanol–water partition coefficient (Wildman–Crippen LogP) is 2.71. The van der Waals surface area contributed by atoms with Gasteiger partial charge in [-0.3, -0.25) is 9.48 Å². The lowest BCUT2D eigenvalue weighted by Crippen LogP contribution is -2.33. The first-order valence-electron chi connectivity index (χ1n) is 7.71. The van der Waals surface area contributed by atoms with E-state index in [1.54, 1.807) is 16.9 Å². The molecule has 2 aromatic rings. The summed E-state index contributed by atoms with van der Waals surface area (Å²) in [7, 11) is 0. The van der Waals surface area contributed by atoms with E-state index in [1.165, 1.54) is 0 Å². The van der Waals surface area contributed by atoms with E-state index in [-0.39, 0.29) is 18.6 Å². The zero-order valence-electron chi connectivity index (χ0n) is 13.1. The monoisotopic (exact) mass is 301 g/mol. The van der Waals surface area contributed by atoms with Crippen LogP contribution in [0.1, 0.15) is 54.8 Å². The van der Waals surface area contributed by atoms with Gasteiger partial charge in [-0.2, -0.15) is 5.10 Å². The van der Waals surface area contributed by atoms with Crippen molar-refractivity contribution in [3.05, 3.63) is 53.9 Å². The average Bonchev–Trinajstić information content (AvgIpc) is 3.04. The minimum absolute atomic E-state index is 0.144. The maximum atomic E-state index is 12.5. The summed E-state index contributed by atoms with van der Waals surface area (Å²) in [5.41, 5.74) is 1.41. The van der Waals surface area contributed by atoms with Crippen LogP contribution in [-0.4, -0.2) is 27.4 Å². The molecule has 0 aliphatic carbocycles. The third-order valence-electron chi connectivity index (χ3n) is 3.88. The number of carbonyl (C=O) groups excluding carboxylic acids is 1. The third kappa shape index (κ3) is 3.54. The molecule has 0 aliphatic heterocycles. The molecule has 2 N–H and O–H groups in total. The fourth-order valence-electron chi connectivity index (χ4n) is 2.57. The molecule has 0 saturated carbocycles. The quantitative estimate of drug-likeness (QED) is 0.826. The van der Waals surface area contributed by atoms with E-state index < -0.39 is 6.04 Å². The molecule has 1 aromatic heterocycles. The van der Waals surface area contributed by atoms with Gasteiger partial charge in [-0.05, 0) is 24.5 Å². The molecule has 0 radical (unpaired) electrons. The van der Waals surface area contributed by atoms with E-state index in [2.05, 4.69) is 24.3 Å². The van der Waals surface area contributed by atoms with E-state index in [1.807, 2.05) is 30.3 Å². The van der Waals surface area contributed by atoms with Crippen LogP contribution in [0.4, 0.5) is 0 Å². The highest BCUT2D eigenvalue weighted by atomic mass is 16.3. The van der Waals surface area contributed by atoms with Crippen LogP contribution in [0.25, 0.3) is 0 Å². The molecule has 0 fully saturated rings. The van der Waals surface area contributed by atoms with Gasteiger partial charge in [-0.15, -0.1) is 0 Å².